The second kappa shape index (κ2) is 5.48. The number of carbonyl (C=O) groups is 1. The first kappa shape index (κ1) is 13.7. The van der Waals surface area contributed by atoms with E-state index in [1.54, 1.807) is 6.92 Å². The molecule has 0 bridgehead atoms. The number of halogens is 2. The van der Waals surface area contributed by atoms with E-state index in [0.717, 1.165) is 0 Å². The van der Waals surface area contributed by atoms with Crippen LogP contribution in [-0.2, 0) is 6.61 Å². The van der Waals surface area contributed by atoms with Crippen LogP contribution in [0.2, 0.25) is 0 Å². The molecule has 100 valence electrons. The number of hydrogen-bond acceptors (Lipinski definition) is 5. The maximum Gasteiger partial charge on any atom is 0.223 e. The molecular weight excluding hydrogens is 319 g/mol. The molecule has 0 unspecified atom stereocenters. The lowest BCUT2D eigenvalue weighted by molar-refractivity contribution is 0.101. The molecule has 0 spiro atoms. The molecule has 0 fully saturated rings. The number of benzene rings is 1. The molecule has 0 aliphatic heterocycles. The molecule has 2 aromatic rings. The van der Waals surface area contributed by atoms with E-state index in [1.807, 2.05) is 0 Å². The molecule has 1 heterocycles. The highest BCUT2D eigenvalue weighted by atomic mass is 79.9. The van der Waals surface area contributed by atoms with Crippen molar-refractivity contribution < 1.29 is 18.4 Å². The smallest absolute Gasteiger partial charge is 0.223 e. The second-order valence-electron chi connectivity index (χ2n) is 3.84. The van der Waals surface area contributed by atoms with Gasteiger partial charge in [0.05, 0.1) is 5.56 Å². The fourth-order valence-corrected chi connectivity index (χ4v) is 1.94. The first-order chi connectivity index (χ1) is 8.97. The molecule has 0 aliphatic carbocycles. The Kier molecular flexibility index (Phi) is 3.94. The Bertz CT molecular complexity index is 627. The van der Waals surface area contributed by atoms with Crippen molar-refractivity contribution in [2.24, 2.45) is 0 Å². The van der Waals surface area contributed by atoms with E-state index in [2.05, 4.69) is 26.1 Å². The first-order valence-corrected chi connectivity index (χ1v) is 6.18. The summed E-state index contributed by atoms with van der Waals surface area (Å²) in [6, 6.07) is 2.73. The van der Waals surface area contributed by atoms with Crippen molar-refractivity contribution in [3.8, 4) is 5.75 Å². The summed E-state index contributed by atoms with van der Waals surface area (Å²) in [6.45, 7) is 2.90. The fourth-order valence-electron chi connectivity index (χ4n) is 1.51. The summed E-state index contributed by atoms with van der Waals surface area (Å²) >= 11 is 3.13. The average Bonchev–Trinajstić information content (AvgIpc) is 2.73. The van der Waals surface area contributed by atoms with Gasteiger partial charge in [-0.2, -0.15) is 4.98 Å². The molecule has 19 heavy (non-hydrogen) atoms. The minimum absolute atomic E-state index is 0.0732. The highest BCUT2D eigenvalue weighted by molar-refractivity contribution is 9.10. The molecule has 1 aromatic carbocycles. The zero-order valence-corrected chi connectivity index (χ0v) is 11.8. The van der Waals surface area contributed by atoms with Crippen LogP contribution in [0, 0.1) is 12.7 Å². The summed E-state index contributed by atoms with van der Waals surface area (Å²) in [5, 5.41) is 3.62. The summed E-state index contributed by atoms with van der Waals surface area (Å²) < 4.78 is 24.3. The van der Waals surface area contributed by atoms with E-state index < -0.39 is 5.82 Å². The van der Waals surface area contributed by atoms with Gasteiger partial charge in [-0.1, -0.05) is 21.1 Å². The van der Waals surface area contributed by atoms with Crippen LogP contribution in [0.4, 0.5) is 4.39 Å². The Morgan fingerprint density at radius 3 is 2.84 bits per heavy atom. The molecule has 0 N–H and O–H groups in total. The number of ether oxygens (including phenoxy) is 1. The van der Waals surface area contributed by atoms with E-state index in [0.29, 0.717) is 10.4 Å². The quantitative estimate of drug-likeness (QED) is 0.807. The Balaban J connectivity index is 2.26. The van der Waals surface area contributed by atoms with Gasteiger partial charge in [-0.25, -0.2) is 4.39 Å². The van der Waals surface area contributed by atoms with E-state index >= 15 is 0 Å². The maximum atomic E-state index is 13.8. The number of rotatable bonds is 4. The SMILES string of the molecule is CC(=O)c1cc(Br)cc(F)c1OCc1noc(C)n1. The van der Waals surface area contributed by atoms with Gasteiger partial charge in [0.15, 0.2) is 24.0 Å². The molecule has 0 aliphatic rings. The average molecular weight is 329 g/mol. The van der Waals surface area contributed by atoms with Crippen LogP contribution in [0.5, 0.6) is 5.75 Å². The molecular formula is C12H10BrFN2O3. The second-order valence-corrected chi connectivity index (χ2v) is 4.75. The van der Waals surface area contributed by atoms with Gasteiger partial charge in [0.25, 0.3) is 0 Å². The van der Waals surface area contributed by atoms with E-state index in [-0.39, 0.29) is 29.5 Å². The molecule has 0 saturated heterocycles. The van der Waals surface area contributed by atoms with Crippen LogP contribution < -0.4 is 4.74 Å². The predicted molar refractivity (Wildman–Crippen MR) is 67.5 cm³/mol. The highest BCUT2D eigenvalue weighted by Crippen LogP contribution is 2.28. The third-order valence-corrected chi connectivity index (χ3v) is 2.76. The van der Waals surface area contributed by atoms with Crippen molar-refractivity contribution >= 4 is 21.7 Å². The van der Waals surface area contributed by atoms with Crippen molar-refractivity contribution in [2.75, 3.05) is 0 Å². The minimum Gasteiger partial charge on any atom is -0.482 e. The van der Waals surface area contributed by atoms with Gasteiger partial charge in [0.1, 0.15) is 0 Å². The first-order valence-electron chi connectivity index (χ1n) is 5.39. The van der Waals surface area contributed by atoms with Crippen LogP contribution in [0.25, 0.3) is 0 Å². The van der Waals surface area contributed by atoms with Crippen molar-refractivity contribution in [2.45, 2.75) is 20.5 Å². The normalized spacial score (nSPS) is 10.5. The van der Waals surface area contributed by atoms with Crippen molar-refractivity contribution in [1.82, 2.24) is 10.1 Å². The van der Waals surface area contributed by atoms with Crippen LogP contribution in [0.1, 0.15) is 29.0 Å². The predicted octanol–water partition coefficient (Wildman–Crippen LogP) is 3.06. The summed E-state index contributed by atoms with van der Waals surface area (Å²) in [4.78, 5) is 15.4. The highest BCUT2D eigenvalue weighted by Gasteiger charge is 2.16. The zero-order chi connectivity index (χ0) is 14.0. The van der Waals surface area contributed by atoms with Crippen LogP contribution >= 0.6 is 15.9 Å². The van der Waals surface area contributed by atoms with E-state index in [4.69, 9.17) is 9.26 Å². The van der Waals surface area contributed by atoms with Gasteiger partial charge in [-0.05, 0) is 19.1 Å². The van der Waals surface area contributed by atoms with Gasteiger partial charge in [-0.3, -0.25) is 4.79 Å². The Hall–Kier alpha value is -1.76. The lowest BCUT2D eigenvalue weighted by atomic mass is 10.1. The van der Waals surface area contributed by atoms with Gasteiger partial charge in [0.2, 0.25) is 11.7 Å². The monoisotopic (exact) mass is 328 g/mol. The standard InChI is InChI=1S/C12H10BrFN2O3/c1-6(17)9-3-8(13)4-10(14)12(9)18-5-11-15-7(2)19-16-11/h3-4H,5H2,1-2H3. The van der Waals surface area contributed by atoms with Crippen molar-refractivity contribution in [3.63, 3.8) is 0 Å². The Morgan fingerprint density at radius 1 is 1.53 bits per heavy atom. The molecule has 0 atom stereocenters. The lowest BCUT2D eigenvalue weighted by Gasteiger charge is -2.09. The molecule has 0 saturated carbocycles. The van der Waals surface area contributed by atoms with E-state index in [9.17, 15) is 9.18 Å². The zero-order valence-electron chi connectivity index (χ0n) is 10.2. The summed E-state index contributed by atoms with van der Waals surface area (Å²) in [5.74, 6) is -0.353. The van der Waals surface area contributed by atoms with Crippen LogP contribution in [0.15, 0.2) is 21.1 Å². The number of Topliss-reactive ketones (excluding diaryl/α,β-unsaturated/α-hetero) is 1. The van der Waals surface area contributed by atoms with Gasteiger partial charge < -0.3 is 9.26 Å². The third kappa shape index (κ3) is 3.17. The van der Waals surface area contributed by atoms with Crippen molar-refractivity contribution in [3.05, 3.63) is 39.7 Å². The molecule has 1 aromatic heterocycles. The number of aromatic nitrogens is 2. The lowest BCUT2D eigenvalue weighted by Crippen LogP contribution is -2.05. The molecule has 5 nitrogen and oxygen atoms in total. The number of ketones is 1. The summed E-state index contributed by atoms with van der Waals surface area (Å²) in [5.41, 5.74) is 0.159. The van der Waals surface area contributed by atoms with Gasteiger partial charge in [0, 0.05) is 11.4 Å². The van der Waals surface area contributed by atoms with Gasteiger partial charge >= 0.3 is 0 Å². The van der Waals surface area contributed by atoms with E-state index in [1.165, 1.54) is 19.1 Å². The fraction of sp³-hybridized carbons (Fsp3) is 0.250. The largest absolute Gasteiger partial charge is 0.482 e. The molecule has 7 heteroatoms. The number of nitrogens with zero attached hydrogens (tertiary/aromatic N) is 2. The topological polar surface area (TPSA) is 65.2 Å². The molecule has 2 rings (SSSR count). The number of hydrogen-bond donors (Lipinski definition) is 0. The number of carbonyl (C=O) groups excluding carboxylic acids is 1. The minimum atomic E-state index is -0.625. The third-order valence-electron chi connectivity index (χ3n) is 2.30. The summed E-state index contributed by atoms with van der Waals surface area (Å²) in [6.07, 6.45) is 0. The van der Waals surface area contributed by atoms with Gasteiger partial charge in [-0.15, -0.1) is 0 Å². The van der Waals surface area contributed by atoms with Crippen LogP contribution in [-0.4, -0.2) is 15.9 Å². The molecule has 0 radical (unpaired) electrons. The van der Waals surface area contributed by atoms with Crippen molar-refractivity contribution in [1.29, 1.82) is 0 Å². The van der Waals surface area contributed by atoms with Crippen LogP contribution in [0.3, 0.4) is 0 Å². The maximum absolute atomic E-state index is 13.8. The molecule has 0 amide bonds. The number of aryl methyl sites for hydroxylation is 1. The Labute approximate surface area is 116 Å². The Morgan fingerprint density at radius 2 is 2.26 bits per heavy atom. The summed E-state index contributed by atoms with van der Waals surface area (Å²) in [7, 11) is 0.